The third-order valence-electron chi connectivity index (χ3n) is 9.24. The van der Waals surface area contributed by atoms with E-state index in [4.69, 9.17) is 0 Å². The largest absolute Gasteiger partial charge is 0.294 e. The Morgan fingerprint density at radius 1 is 0.680 bits per heavy atom. The van der Waals surface area contributed by atoms with Gasteiger partial charge in [0.25, 0.3) is 0 Å². The summed E-state index contributed by atoms with van der Waals surface area (Å²) in [6, 6.07) is 2.76. The van der Waals surface area contributed by atoms with E-state index in [0.29, 0.717) is 5.41 Å². The molecule has 0 bridgehead atoms. The molecule has 3 saturated carbocycles. The number of rotatable bonds is 2. The second-order valence-corrected chi connectivity index (χ2v) is 11.0. The number of fused-ring (bicyclic) bond motifs is 2. The highest BCUT2D eigenvalue weighted by Gasteiger charge is 2.55. The zero-order valence-corrected chi connectivity index (χ0v) is 17.5. The molecule has 0 aromatic rings. The molecule has 0 aromatic carbocycles. The van der Waals surface area contributed by atoms with Crippen molar-refractivity contribution >= 4 is 0 Å². The minimum Gasteiger partial charge on any atom is -0.294 e. The molecule has 1 heterocycles. The molecule has 3 aliphatic carbocycles. The monoisotopic (exact) mass is 345 g/mol. The Kier molecular flexibility index (Phi) is 5.26. The van der Waals surface area contributed by atoms with Gasteiger partial charge in [-0.15, -0.1) is 0 Å². The molecule has 0 amide bonds. The predicted molar refractivity (Wildman–Crippen MR) is 108 cm³/mol. The first-order valence-corrected chi connectivity index (χ1v) is 11.8. The fourth-order valence-corrected chi connectivity index (χ4v) is 7.80. The van der Waals surface area contributed by atoms with Gasteiger partial charge in [-0.2, -0.15) is 0 Å². The lowest BCUT2D eigenvalue weighted by atomic mass is 9.54. The number of hydrogen-bond acceptors (Lipinski definition) is 1. The highest BCUT2D eigenvalue weighted by atomic mass is 15.2. The molecule has 0 radical (unpaired) electrons. The molecule has 144 valence electrons. The lowest BCUT2D eigenvalue weighted by Gasteiger charge is -2.63. The molecule has 0 aromatic heterocycles. The Balaban J connectivity index is 1.58. The van der Waals surface area contributed by atoms with E-state index >= 15 is 0 Å². The van der Waals surface area contributed by atoms with Gasteiger partial charge in [-0.3, -0.25) is 4.90 Å². The molecule has 1 saturated heterocycles. The third-order valence-corrected chi connectivity index (χ3v) is 9.24. The SMILES string of the molecule is CC(C)C1CCC(N2C3CCCCC3C(C)(C)C3CCCCC32)CC1. The van der Waals surface area contributed by atoms with Gasteiger partial charge in [-0.1, -0.05) is 53.4 Å². The highest BCUT2D eigenvalue weighted by molar-refractivity contribution is 5.07. The standard InChI is InChI=1S/C24H43N/c1-17(2)18-13-15-19(16-14-18)25-22-11-7-5-9-20(22)24(3,4)21-10-6-8-12-23(21)25/h17-23H,5-16H2,1-4H3. The van der Waals surface area contributed by atoms with Crippen LogP contribution in [0.3, 0.4) is 0 Å². The maximum Gasteiger partial charge on any atom is 0.0135 e. The van der Waals surface area contributed by atoms with Gasteiger partial charge in [-0.25, -0.2) is 0 Å². The van der Waals surface area contributed by atoms with E-state index in [9.17, 15) is 0 Å². The summed E-state index contributed by atoms with van der Waals surface area (Å²) in [5, 5.41) is 0. The Labute approximate surface area is 157 Å². The van der Waals surface area contributed by atoms with Crippen LogP contribution in [0.15, 0.2) is 0 Å². The molecule has 4 unspecified atom stereocenters. The molecular weight excluding hydrogens is 302 g/mol. The average molecular weight is 346 g/mol. The first-order valence-electron chi connectivity index (χ1n) is 11.8. The number of nitrogens with zero attached hydrogens (tertiary/aromatic N) is 1. The van der Waals surface area contributed by atoms with Gasteiger partial charge in [0.15, 0.2) is 0 Å². The summed E-state index contributed by atoms with van der Waals surface area (Å²) in [4.78, 5) is 3.19. The van der Waals surface area contributed by atoms with E-state index in [0.717, 1.165) is 41.8 Å². The summed E-state index contributed by atoms with van der Waals surface area (Å²) >= 11 is 0. The van der Waals surface area contributed by atoms with Crippen LogP contribution in [0.5, 0.6) is 0 Å². The molecule has 1 nitrogen and oxygen atoms in total. The molecule has 1 heteroatoms. The van der Waals surface area contributed by atoms with Crippen molar-refractivity contribution in [2.45, 2.75) is 123 Å². The second-order valence-electron chi connectivity index (χ2n) is 11.0. The minimum atomic E-state index is 0.585. The Morgan fingerprint density at radius 3 is 1.64 bits per heavy atom. The van der Waals surface area contributed by atoms with E-state index in [1.54, 1.807) is 0 Å². The molecule has 0 N–H and O–H groups in total. The van der Waals surface area contributed by atoms with Crippen LogP contribution in [0.1, 0.15) is 105 Å². The normalized spacial score (nSPS) is 45.0. The quantitative estimate of drug-likeness (QED) is 0.541. The van der Waals surface area contributed by atoms with E-state index in [1.807, 2.05) is 0 Å². The van der Waals surface area contributed by atoms with Crippen molar-refractivity contribution in [1.82, 2.24) is 4.90 Å². The van der Waals surface area contributed by atoms with E-state index in [2.05, 4.69) is 32.6 Å². The van der Waals surface area contributed by atoms with Crippen LogP contribution in [0.2, 0.25) is 0 Å². The lowest BCUT2D eigenvalue weighted by molar-refractivity contribution is -0.142. The van der Waals surface area contributed by atoms with Crippen molar-refractivity contribution in [3.8, 4) is 0 Å². The number of hydrogen-bond donors (Lipinski definition) is 0. The molecule has 0 spiro atoms. The van der Waals surface area contributed by atoms with Gasteiger partial charge in [0, 0.05) is 18.1 Å². The Hall–Kier alpha value is -0.0400. The van der Waals surface area contributed by atoms with E-state index in [1.165, 1.54) is 77.0 Å². The Morgan fingerprint density at radius 2 is 1.16 bits per heavy atom. The molecule has 25 heavy (non-hydrogen) atoms. The summed E-state index contributed by atoms with van der Waals surface area (Å²) in [5.41, 5.74) is 0.585. The predicted octanol–water partition coefficient (Wildman–Crippen LogP) is 6.66. The lowest BCUT2D eigenvalue weighted by Crippen LogP contribution is -2.66. The van der Waals surface area contributed by atoms with Crippen LogP contribution in [0.4, 0.5) is 0 Å². The zero-order chi connectivity index (χ0) is 17.6. The molecule has 1 aliphatic heterocycles. The first kappa shape index (κ1) is 18.3. The first-order chi connectivity index (χ1) is 12.0. The fraction of sp³-hybridized carbons (Fsp3) is 1.00. The summed E-state index contributed by atoms with van der Waals surface area (Å²) in [6.07, 6.45) is 18.0. The molecule has 4 rings (SSSR count). The van der Waals surface area contributed by atoms with Crippen molar-refractivity contribution in [3.63, 3.8) is 0 Å². The zero-order valence-electron chi connectivity index (χ0n) is 17.5. The van der Waals surface area contributed by atoms with Gasteiger partial charge in [0.1, 0.15) is 0 Å². The van der Waals surface area contributed by atoms with Crippen molar-refractivity contribution in [1.29, 1.82) is 0 Å². The average Bonchev–Trinajstić information content (AvgIpc) is 2.62. The van der Waals surface area contributed by atoms with Crippen molar-refractivity contribution in [2.75, 3.05) is 0 Å². The maximum atomic E-state index is 3.19. The van der Waals surface area contributed by atoms with Crippen molar-refractivity contribution in [3.05, 3.63) is 0 Å². The summed E-state index contributed by atoms with van der Waals surface area (Å²) < 4.78 is 0. The summed E-state index contributed by atoms with van der Waals surface area (Å²) in [5.74, 6) is 3.85. The topological polar surface area (TPSA) is 3.24 Å². The number of piperidine rings is 1. The molecule has 4 atom stereocenters. The van der Waals surface area contributed by atoms with E-state index < -0.39 is 0 Å². The van der Waals surface area contributed by atoms with Crippen LogP contribution in [-0.2, 0) is 0 Å². The van der Waals surface area contributed by atoms with Gasteiger partial charge in [0.05, 0.1) is 0 Å². The summed E-state index contributed by atoms with van der Waals surface area (Å²) in [7, 11) is 0. The molecular formula is C24H43N. The van der Waals surface area contributed by atoms with Crippen LogP contribution in [-0.4, -0.2) is 23.0 Å². The molecule has 4 fully saturated rings. The van der Waals surface area contributed by atoms with E-state index in [-0.39, 0.29) is 0 Å². The van der Waals surface area contributed by atoms with Gasteiger partial charge < -0.3 is 0 Å². The maximum absolute atomic E-state index is 3.19. The summed E-state index contributed by atoms with van der Waals surface area (Å²) in [6.45, 7) is 10.2. The van der Waals surface area contributed by atoms with Gasteiger partial charge in [0.2, 0.25) is 0 Å². The Bertz CT molecular complexity index is 419. The van der Waals surface area contributed by atoms with Crippen molar-refractivity contribution in [2.24, 2.45) is 29.1 Å². The fourth-order valence-electron chi connectivity index (χ4n) is 7.80. The third kappa shape index (κ3) is 3.21. The number of likely N-dealkylation sites (tertiary alicyclic amines) is 1. The highest BCUT2D eigenvalue weighted by Crippen LogP contribution is 2.56. The minimum absolute atomic E-state index is 0.585. The van der Waals surface area contributed by atoms with Crippen molar-refractivity contribution < 1.29 is 0 Å². The van der Waals surface area contributed by atoms with Gasteiger partial charge >= 0.3 is 0 Å². The van der Waals surface area contributed by atoms with Crippen LogP contribution >= 0.6 is 0 Å². The molecule has 4 aliphatic rings. The van der Waals surface area contributed by atoms with Crippen LogP contribution in [0.25, 0.3) is 0 Å². The van der Waals surface area contributed by atoms with Crippen LogP contribution < -0.4 is 0 Å². The van der Waals surface area contributed by atoms with Crippen LogP contribution in [0, 0.1) is 29.1 Å². The van der Waals surface area contributed by atoms with Gasteiger partial charge in [-0.05, 0) is 80.5 Å². The second kappa shape index (κ2) is 7.17. The smallest absolute Gasteiger partial charge is 0.0135 e.